The van der Waals surface area contributed by atoms with Crippen LogP contribution in [0.3, 0.4) is 0 Å². The molecule has 1 fully saturated rings. The van der Waals surface area contributed by atoms with Crippen molar-refractivity contribution in [2.75, 3.05) is 38.5 Å². The quantitative estimate of drug-likeness (QED) is 0.840. The zero-order valence-electron chi connectivity index (χ0n) is 9.54. The van der Waals surface area contributed by atoms with E-state index in [4.69, 9.17) is 11.6 Å². The van der Waals surface area contributed by atoms with Gasteiger partial charge in [-0.25, -0.2) is 0 Å². The van der Waals surface area contributed by atoms with Crippen molar-refractivity contribution in [3.8, 4) is 0 Å². The fourth-order valence-corrected chi connectivity index (χ4v) is 2.17. The number of halogens is 1. The van der Waals surface area contributed by atoms with E-state index in [0.717, 1.165) is 36.9 Å². The highest BCUT2D eigenvalue weighted by molar-refractivity contribution is 6.33. The summed E-state index contributed by atoms with van der Waals surface area (Å²) in [6.07, 6.45) is 0. The van der Waals surface area contributed by atoms with Gasteiger partial charge < -0.3 is 15.5 Å². The van der Waals surface area contributed by atoms with Gasteiger partial charge in [-0.1, -0.05) is 23.7 Å². The molecule has 0 amide bonds. The van der Waals surface area contributed by atoms with E-state index in [-0.39, 0.29) is 0 Å². The number of likely N-dealkylation sites (N-methyl/N-ethyl adjacent to an activating group) is 1. The van der Waals surface area contributed by atoms with Crippen molar-refractivity contribution in [1.29, 1.82) is 0 Å². The molecule has 2 rings (SSSR count). The second-order valence-electron chi connectivity index (χ2n) is 4.27. The molecule has 0 aromatic heterocycles. The van der Waals surface area contributed by atoms with Crippen LogP contribution in [0.1, 0.15) is 0 Å². The largest absolute Gasteiger partial charge is 0.382 e. The van der Waals surface area contributed by atoms with Gasteiger partial charge in [0.05, 0.1) is 10.7 Å². The second-order valence-corrected chi connectivity index (χ2v) is 4.68. The molecule has 1 aliphatic rings. The van der Waals surface area contributed by atoms with Gasteiger partial charge in [0.15, 0.2) is 0 Å². The maximum absolute atomic E-state index is 6.08. The Kier molecular flexibility index (Phi) is 4.04. The smallest absolute Gasteiger partial charge is 0.0637 e. The topological polar surface area (TPSA) is 27.3 Å². The van der Waals surface area contributed by atoms with E-state index in [1.165, 1.54) is 0 Å². The van der Waals surface area contributed by atoms with Crippen LogP contribution in [0.4, 0.5) is 5.69 Å². The average Bonchev–Trinajstić information content (AvgIpc) is 2.28. The summed E-state index contributed by atoms with van der Waals surface area (Å²) in [7, 11) is 2.16. The Morgan fingerprint density at radius 3 is 3.06 bits per heavy atom. The molecule has 1 atom stereocenters. The molecule has 0 saturated carbocycles. The maximum atomic E-state index is 6.08. The first-order chi connectivity index (χ1) is 7.75. The highest BCUT2D eigenvalue weighted by atomic mass is 35.5. The van der Waals surface area contributed by atoms with Crippen LogP contribution < -0.4 is 10.6 Å². The van der Waals surface area contributed by atoms with Gasteiger partial charge in [0.1, 0.15) is 0 Å². The number of nitrogens with zero attached hydrogens (tertiary/aromatic N) is 1. The molecule has 1 aliphatic heterocycles. The lowest BCUT2D eigenvalue weighted by atomic mass is 10.2. The highest BCUT2D eigenvalue weighted by Gasteiger charge is 2.15. The van der Waals surface area contributed by atoms with Crippen molar-refractivity contribution < 1.29 is 0 Å². The van der Waals surface area contributed by atoms with E-state index in [1.54, 1.807) is 0 Å². The minimum atomic E-state index is 0.495. The van der Waals surface area contributed by atoms with Crippen molar-refractivity contribution in [2.45, 2.75) is 6.04 Å². The molecule has 1 unspecified atom stereocenters. The van der Waals surface area contributed by atoms with Crippen LogP contribution in [0.2, 0.25) is 5.02 Å². The van der Waals surface area contributed by atoms with E-state index in [2.05, 4.69) is 22.6 Å². The normalized spacial score (nSPS) is 22.0. The molecule has 1 heterocycles. The third-order valence-electron chi connectivity index (χ3n) is 2.87. The van der Waals surface area contributed by atoms with Gasteiger partial charge in [0.2, 0.25) is 0 Å². The zero-order chi connectivity index (χ0) is 11.4. The van der Waals surface area contributed by atoms with E-state index in [9.17, 15) is 0 Å². The lowest BCUT2D eigenvalue weighted by Gasteiger charge is -2.31. The van der Waals surface area contributed by atoms with Crippen molar-refractivity contribution in [1.82, 2.24) is 10.2 Å². The molecular formula is C12H18ClN3. The molecule has 0 spiro atoms. The van der Waals surface area contributed by atoms with Crippen molar-refractivity contribution >= 4 is 17.3 Å². The van der Waals surface area contributed by atoms with E-state index in [1.807, 2.05) is 24.3 Å². The van der Waals surface area contributed by atoms with Gasteiger partial charge in [-0.2, -0.15) is 0 Å². The Balaban J connectivity index is 1.85. The van der Waals surface area contributed by atoms with E-state index in [0.29, 0.717) is 6.04 Å². The molecule has 4 heteroatoms. The number of rotatable bonds is 3. The summed E-state index contributed by atoms with van der Waals surface area (Å²) in [5.41, 5.74) is 1.01. The Morgan fingerprint density at radius 1 is 1.50 bits per heavy atom. The Hall–Kier alpha value is -0.770. The van der Waals surface area contributed by atoms with Crippen LogP contribution in [-0.2, 0) is 0 Å². The summed E-state index contributed by atoms with van der Waals surface area (Å²) in [5.74, 6) is 0. The minimum absolute atomic E-state index is 0.495. The van der Waals surface area contributed by atoms with Crippen LogP contribution in [-0.4, -0.2) is 44.2 Å². The Labute approximate surface area is 102 Å². The number of anilines is 1. The first-order valence-corrected chi connectivity index (χ1v) is 6.04. The molecule has 1 aromatic carbocycles. The van der Waals surface area contributed by atoms with E-state index >= 15 is 0 Å². The van der Waals surface area contributed by atoms with Crippen molar-refractivity contribution in [3.05, 3.63) is 29.3 Å². The number of hydrogen-bond donors (Lipinski definition) is 2. The molecular weight excluding hydrogens is 222 g/mol. The van der Waals surface area contributed by atoms with Crippen LogP contribution >= 0.6 is 11.6 Å². The lowest BCUT2D eigenvalue weighted by molar-refractivity contribution is 0.244. The monoisotopic (exact) mass is 239 g/mol. The Bertz CT molecular complexity index is 343. The second kappa shape index (κ2) is 5.53. The minimum Gasteiger partial charge on any atom is -0.382 e. The molecule has 0 bridgehead atoms. The number of para-hydroxylation sites is 1. The van der Waals surface area contributed by atoms with Crippen LogP contribution in [0.25, 0.3) is 0 Å². The van der Waals surface area contributed by atoms with Gasteiger partial charge in [-0.15, -0.1) is 0 Å². The number of hydrogen-bond acceptors (Lipinski definition) is 3. The fraction of sp³-hybridized carbons (Fsp3) is 0.500. The summed E-state index contributed by atoms with van der Waals surface area (Å²) >= 11 is 6.08. The number of benzene rings is 1. The van der Waals surface area contributed by atoms with Crippen molar-refractivity contribution in [2.24, 2.45) is 0 Å². The lowest BCUT2D eigenvalue weighted by Crippen LogP contribution is -2.51. The number of nitrogens with one attached hydrogen (secondary N) is 2. The van der Waals surface area contributed by atoms with Gasteiger partial charge in [0, 0.05) is 32.2 Å². The summed E-state index contributed by atoms with van der Waals surface area (Å²) in [6.45, 7) is 4.18. The van der Waals surface area contributed by atoms with E-state index < -0.39 is 0 Å². The first kappa shape index (κ1) is 11.7. The molecule has 0 radical (unpaired) electrons. The fourth-order valence-electron chi connectivity index (χ4n) is 1.97. The maximum Gasteiger partial charge on any atom is 0.0637 e. The predicted molar refractivity (Wildman–Crippen MR) is 69.2 cm³/mol. The van der Waals surface area contributed by atoms with Crippen LogP contribution in [0, 0.1) is 0 Å². The summed E-state index contributed by atoms with van der Waals surface area (Å²) in [5, 5.41) is 7.66. The molecule has 1 saturated heterocycles. The molecule has 0 aliphatic carbocycles. The SMILES string of the molecule is CN1CCNC(CNc2ccccc2Cl)C1. The standard InChI is InChI=1S/C12H18ClN3/c1-16-7-6-14-10(9-16)8-15-12-5-3-2-4-11(12)13/h2-5,10,14-15H,6-9H2,1H3. The molecule has 3 nitrogen and oxygen atoms in total. The molecule has 2 N–H and O–H groups in total. The third kappa shape index (κ3) is 3.11. The Morgan fingerprint density at radius 2 is 2.31 bits per heavy atom. The average molecular weight is 240 g/mol. The van der Waals surface area contributed by atoms with Gasteiger partial charge in [0.25, 0.3) is 0 Å². The first-order valence-electron chi connectivity index (χ1n) is 5.66. The molecule has 1 aromatic rings. The van der Waals surface area contributed by atoms with Crippen LogP contribution in [0.15, 0.2) is 24.3 Å². The third-order valence-corrected chi connectivity index (χ3v) is 3.20. The zero-order valence-corrected chi connectivity index (χ0v) is 10.3. The highest BCUT2D eigenvalue weighted by Crippen LogP contribution is 2.20. The van der Waals surface area contributed by atoms with Gasteiger partial charge >= 0.3 is 0 Å². The summed E-state index contributed by atoms with van der Waals surface area (Å²) in [6, 6.07) is 8.35. The summed E-state index contributed by atoms with van der Waals surface area (Å²) < 4.78 is 0. The van der Waals surface area contributed by atoms with Gasteiger partial charge in [-0.3, -0.25) is 0 Å². The summed E-state index contributed by atoms with van der Waals surface area (Å²) in [4.78, 5) is 2.34. The number of piperazine rings is 1. The van der Waals surface area contributed by atoms with Gasteiger partial charge in [-0.05, 0) is 19.2 Å². The van der Waals surface area contributed by atoms with Crippen LogP contribution in [0.5, 0.6) is 0 Å². The molecule has 88 valence electrons. The predicted octanol–water partition coefficient (Wildman–Crippen LogP) is 1.66. The van der Waals surface area contributed by atoms with Crippen molar-refractivity contribution in [3.63, 3.8) is 0 Å². The molecule has 16 heavy (non-hydrogen) atoms.